The zero-order valence-corrected chi connectivity index (χ0v) is 11.0. The summed E-state index contributed by atoms with van der Waals surface area (Å²) in [6.45, 7) is 11.7. The molecule has 2 aliphatic rings. The highest BCUT2D eigenvalue weighted by molar-refractivity contribution is 5.30. The SMILES string of the molecule is CC1(C)C=C(CN2CCCC2)C(C)(C)N1O. The van der Waals surface area contributed by atoms with Crippen LogP contribution in [0, 0.1) is 0 Å². The minimum Gasteiger partial charge on any atom is -0.312 e. The molecule has 0 saturated carbocycles. The van der Waals surface area contributed by atoms with Gasteiger partial charge in [0.1, 0.15) is 0 Å². The monoisotopic (exact) mass is 224 g/mol. The Hall–Kier alpha value is -0.380. The minimum atomic E-state index is -0.238. The summed E-state index contributed by atoms with van der Waals surface area (Å²) in [5.41, 5.74) is 0.881. The van der Waals surface area contributed by atoms with Crippen LogP contribution in [0.2, 0.25) is 0 Å². The molecule has 0 aromatic heterocycles. The van der Waals surface area contributed by atoms with Crippen molar-refractivity contribution in [3.63, 3.8) is 0 Å². The topological polar surface area (TPSA) is 26.7 Å². The number of hydrogen-bond donors (Lipinski definition) is 1. The van der Waals surface area contributed by atoms with Gasteiger partial charge in [-0.2, -0.15) is 5.06 Å². The molecule has 0 aromatic carbocycles. The highest BCUT2D eigenvalue weighted by Gasteiger charge is 2.45. The van der Waals surface area contributed by atoms with E-state index < -0.39 is 0 Å². The Kier molecular flexibility index (Phi) is 2.89. The summed E-state index contributed by atoms with van der Waals surface area (Å²) >= 11 is 0. The smallest absolute Gasteiger partial charge is 0.0635 e. The first-order valence-electron chi connectivity index (χ1n) is 6.28. The van der Waals surface area contributed by atoms with Gasteiger partial charge in [0.25, 0.3) is 0 Å². The molecule has 2 heterocycles. The number of hydroxylamine groups is 2. The molecule has 0 amide bonds. The van der Waals surface area contributed by atoms with Crippen LogP contribution in [0.15, 0.2) is 11.6 Å². The molecule has 3 heteroatoms. The van der Waals surface area contributed by atoms with Crippen LogP contribution in [0.25, 0.3) is 0 Å². The molecule has 0 unspecified atom stereocenters. The van der Waals surface area contributed by atoms with Crippen LogP contribution in [0.1, 0.15) is 40.5 Å². The van der Waals surface area contributed by atoms with Gasteiger partial charge in [0, 0.05) is 6.54 Å². The van der Waals surface area contributed by atoms with E-state index >= 15 is 0 Å². The standard InChI is InChI=1S/C13H24N2O/c1-12(2)9-11(13(3,4)15(12)16)10-14-7-5-6-8-14/h9,16H,5-8,10H2,1-4H3. The Morgan fingerprint density at radius 2 is 1.75 bits per heavy atom. The molecule has 0 aromatic rings. The Labute approximate surface area is 98.7 Å². The van der Waals surface area contributed by atoms with Crippen molar-refractivity contribution in [2.75, 3.05) is 19.6 Å². The average molecular weight is 224 g/mol. The Bertz CT molecular complexity index is 301. The Morgan fingerprint density at radius 1 is 1.19 bits per heavy atom. The first kappa shape index (κ1) is 12.1. The van der Waals surface area contributed by atoms with Gasteiger partial charge in [0.2, 0.25) is 0 Å². The highest BCUT2D eigenvalue weighted by Crippen LogP contribution is 2.38. The van der Waals surface area contributed by atoms with Gasteiger partial charge in [-0.25, -0.2) is 0 Å². The number of likely N-dealkylation sites (tertiary alicyclic amines) is 1. The molecule has 1 fully saturated rings. The van der Waals surface area contributed by atoms with E-state index in [4.69, 9.17) is 0 Å². The van der Waals surface area contributed by atoms with Crippen molar-refractivity contribution >= 4 is 0 Å². The largest absolute Gasteiger partial charge is 0.312 e. The van der Waals surface area contributed by atoms with Crippen LogP contribution in [0.5, 0.6) is 0 Å². The van der Waals surface area contributed by atoms with Gasteiger partial charge < -0.3 is 5.21 Å². The van der Waals surface area contributed by atoms with Crippen molar-refractivity contribution in [2.24, 2.45) is 0 Å². The van der Waals surface area contributed by atoms with Gasteiger partial charge in [-0.15, -0.1) is 0 Å². The zero-order valence-electron chi connectivity index (χ0n) is 11.0. The molecule has 0 aliphatic carbocycles. The molecular formula is C13H24N2O. The lowest BCUT2D eigenvalue weighted by Gasteiger charge is -2.37. The third-order valence-corrected chi connectivity index (χ3v) is 3.98. The van der Waals surface area contributed by atoms with E-state index in [0.717, 1.165) is 6.54 Å². The first-order valence-corrected chi connectivity index (χ1v) is 6.28. The predicted octanol–water partition coefficient (Wildman–Crippen LogP) is 2.27. The van der Waals surface area contributed by atoms with Crippen molar-refractivity contribution in [1.82, 2.24) is 9.96 Å². The second-order valence-electron chi connectivity index (χ2n) is 6.18. The van der Waals surface area contributed by atoms with Crippen molar-refractivity contribution in [3.8, 4) is 0 Å². The molecular weight excluding hydrogens is 200 g/mol. The van der Waals surface area contributed by atoms with Gasteiger partial charge in [-0.3, -0.25) is 4.90 Å². The van der Waals surface area contributed by atoms with Crippen LogP contribution in [0.3, 0.4) is 0 Å². The summed E-state index contributed by atoms with van der Waals surface area (Å²) in [6.07, 6.45) is 4.87. The van der Waals surface area contributed by atoms with E-state index in [-0.39, 0.29) is 11.1 Å². The molecule has 3 nitrogen and oxygen atoms in total. The third kappa shape index (κ3) is 1.92. The first-order chi connectivity index (χ1) is 7.34. The molecule has 1 saturated heterocycles. The average Bonchev–Trinajstić information content (AvgIpc) is 2.72. The van der Waals surface area contributed by atoms with E-state index in [0.29, 0.717) is 0 Å². The maximum Gasteiger partial charge on any atom is 0.0635 e. The van der Waals surface area contributed by atoms with E-state index in [1.807, 2.05) is 0 Å². The summed E-state index contributed by atoms with van der Waals surface area (Å²) in [5, 5.41) is 11.7. The molecule has 0 radical (unpaired) electrons. The van der Waals surface area contributed by atoms with Crippen LogP contribution in [-0.4, -0.2) is 45.9 Å². The van der Waals surface area contributed by atoms with E-state index in [2.05, 4.69) is 38.7 Å². The lowest BCUT2D eigenvalue weighted by atomic mass is 9.96. The molecule has 92 valence electrons. The van der Waals surface area contributed by atoms with E-state index in [1.54, 1.807) is 0 Å². The molecule has 0 atom stereocenters. The molecule has 0 spiro atoms. The number of hydrogen-bond acceptors (Lipinski definition) is 3. The van der Waals surface area contributed by atoms with Gasteiger partial charge in [0.15, 0.2) is 0 Å². The molecule has 1 N–H and O–H groups in total. The molecule has 0 bridgehead atoms. The van der Waals surface area contributed by atoms with E-state index in [9.17, 15) is 5.21 Å². The second kappa shape index (κ2) is 3.83. The van der Waals surface area contributed by atoms with Crippen molar-refractivity contribution in [1.29, 1.82) is 0 Å². The predicted molar refractivity (Wildman–Crippen MR) is 65.5 cm³/mol. The number of nitrogens with zero attached hydrogens (tertiary/aromatic N) is 2. The Morgan fingerprint density at radius 3 is 2.19 bits per heavy atom. The number of rotatable bonds is 2. The van der Waals surface area contributed by atoms with Gasteiger partial charge in [-0.05, 0) is 59.2 Å². The Balaban J connectivity index is 2.13. The summed E-state index contributed by atoms with van der Waals surface area (Å²) in [6, 6.07) is 0. The van der Waals surface area contributed by atoms with Crippen LogP contribution < -0.4 is 0 Å². The van der Waals surface area contributed by atoms with E-state index in [1.165, 1.54) is 36.6 Å². The molecule has 2 rings (SSSR count). The summed E-state index contributed by atoms with van der Waals surface area (Å²) in [4.78, 5) is 2.49. The molecule has 16 heavy (non-hydrogen) atoms. The lowest BCUT2D eigenvalue weighted by molar-refractivity contribution is -0.185. The fourth-order valence-electron chi connectivity index (χ4n) is 2.94. The second-order valence-corrected chi connectivity index (χ2v) is 6.18. The quantitative estimate of drug-likeness (QED) is 0.729. The van der Waals surface area contributed by atoms with Crippen LogP contribution in [-0.2, 0) is 0 Å². The fraction of sp³-hybridized carbons (Fsp3) is 0.846. The van der Waals surface area contributed by atoms with Crippen LogP contribution in [0.4, 0.5) is 0 Å². The summed E-state index contributed by atoms with van der Waals surface area (Å²) in [7, 11) is 0. The third-order valence-electron chi connectivity index (χ3n) is 3.98. The van der Waals surface area contributed by atoms with Crippen molar-refractivity contribution in [2.45, 2.75) is 51.6 Å². The minimum absolute atomic E-state index is 0.230. The van der Waals surface area contributed by atoms with Crippen molar-refractivity contribution < 1.29 is 5.21 Å². The zero-order chi connectivity index (χ0) is 12.0. The van der Waals surface area contributed by atoms with Gasteiger partial charge in [-0.1, -0.05) is 6.08 Å². The maximum absolute atomic E-state index is 10.2. The highest BCUT2D eigenvalue weighted by atomic mass is 16.5. The van der Waals surface area contributed by atoms with Gasteiger partial charge in [0.05, 0.1) is 11.1 Å². The fourth-order valence-corrected chi connectivity index (χ4v) is 2.94. The maximum atomic E-state index is 10.2. The summed E-state index contributed by atoms with van der Waals surface area (Å²) in [5.74, 6) is 0. The summed E-state index contributed by atoms with van der Waals surface area (Å²) < 4.78 is 0. The van der Waals surface area contributed by atoms with Crippen LogP contribution >= 0.6 is 0 Å². The van der Waals surface area contributed by atoms with Crippen molar-refractivity contribution in [3.05, 3.63) is 11.6 Å². The molecule has 2 aliphatic heterocycles. The normalized spacial score (nSPS) is 29.7. The van der Waals surface area contributed by atoms with Gasteiger partial charge >= 0.3 is 0 Å². The lowest BCUT2D eigenvalue weighted by Crippen LogP contribution is -2.48.